The first-order valence-corrected chi connectivity index (χ1v) is 9.69. The highest BCUT2D eigenvalue weighted by atomic mass is 31.2. The molecule has 3 heteroatoms. The summed E-state index contributed by atoms with van der Waals surface area (Å²) in [6, 6.07) is 8.06. The molecule has 0 bridgehead atoms. The van der Waals surface area contributed by atoms with Gasteiger partial charge in [-0.05, 0) is 32.8 Å². The van der Waals surface area contributed by atoms with Crippen LogP contribution in [0.1, 0.15) is 44.5 Å². The van der Waals surface area contributed by atoms with E-state index in [-0.39, 0.29) is 5.56 Å². The van der Waals surface area contributed by atoms with Crippen LogP contribution in [0.3, 0.4) is 0 Å². The Bertz CT molecular complexity index is 337. The molecule has 1 aromatic carbocycles. The first-order valence-electron chi connectivity index (χ1n) is 7.16. The van der Waals surface area contributed by atoms with E-state index in [9.17, 15) is 9.90 Å². The Morgan fingerprint density at radius 3 is 1.68 bits per heavy atom. The highest BCUT2D eigenvalue weighted by Crippen LogP contribution is 2.57. The summed E-state index contributed by atoms with van der Waals surface area (Å²) in [5.41, 5.74) is 0.220. The average Bonchev–Trinajstić information content (AvgIpc) is 2.46. The molecule has 0 aromatic heterocycles. The summed E-state index contributed by atoms with van der Waals surface area (Å²) < 4.78 is 0. The lowest BCUT2D eigenvalue weighted by Crippen LogP contribution is -2.21. The van der Waals surface area contributed by atoms with Gasteiger partial charge in [0.1, 0.15) is 0 Å². The van der Waals surface area contributed by atoms with Crippen LogP contribution in [0.5, 0.6) is 0 Å². The maximum Gasteiger partial charge on any atom is 0.0715 e. The number of rotatable bonds is 6. The Hall–Kier alpha value is -0.880. The van der Waals surface area contributed by atoms with Gasteiger partial charge in [-0.2, -0.15) is 0 Å². The number of carbonyl (C=O) groups is 1. The van der Waals surface area contributed by atoms with E-state index in [1.165, 1.54) is 43.2 Å². The second kappa shape index (κ2) is 9.97. The minimum Gasteiger partial charge on any atom is -0.545 e. The van der Waals surface area contributed by atoms with Crippen molar-refractivity contribution in [2.45, 2.75) is 34.1 Å². The Morgan fingerprint density at radius 1 is 1.00 bits per heavy atom. The lowest BCUT2D eigenvalue weighted by Gasteiger charge is -2.22. The molecule has 0 aliphatic heterocycles. The van der Waals surface area contributed by atoms with Gasteiger partial charge in [-0.15, -0.1) is 0 Å². The van der Waals surface area contributed by atoms with Gasteiger partial charge in [-0.3, -0.25) is 0 Å². The summed E-state index contributed by atoms with van der Waals surface area (Å²) in [5, 5.41) is 10.1. The molecule has 0 unspecified atom stereocenters. The molecule has 0 N–H and O–H groups in total. The number of carbonyl (C=O) groups excluding carboxylic acids is 1. The smallest absolute Gasteiger partial charge is 0.0715 e. The van der Waals surface area contributed by atoms with Crippen molar-refractivity contribution >= 4 is 13.2 Å². The van der Waals surface area contributed by atoms with Crippen LogP contribution in [-0.2, 0) is 0 Å². The summed E-state index contributed by atoms with van der Waals surface area (Å²) in [7, 11) is -0.439. The molecule has 0 aliphatic rings. The number of benzene rings is 1. The predicted octanol–water partition coefficient (Wildman–Crippen LogP) is 3.52. The highest BCUT2D eigenvalue weighted by molar-refractivity contribution is 7.75. The summed E-state index contributed by atoms with van der Waals surface area (Å²) in [6.07, 6.45) is 7.31. The van der Waals surface area contributed by atoms with Crippen molar-refractivity contribution in [3.63, 3.8) is 0 Å². The molecule has 108 valence electrons. The monoisotopic (exact) mass is 282 g/mol. The molecule has 0 amide bonds. The molecule has 0 radical (unpaired) electrons. The Kier molecular flexibility index (Phi) is 9.51. The van der Waals surface area contributed by atoms with Crippen molar-refractivity contribution < 1.29 is 9.90 Å². The van der Waals surface area contributed by atoms with Crippen LogP contribution in [0.25, 0.3) is 0 Å². The third-order valence-corrected chi connectivity index (χ3v) is 9.14. The van der Waals surface area contributed by atoms with Crippen LogP contribution in [0, 0.1) is 0 Å². The van der Waals surface area contributed by atoms with Gasteiger partial charge in [0.2, 0.25) is 0 Å². The van der Waals surface area contributed by atoms with Gasteiger partial charge in [0.05, 0.1) is 30.6 Å². The van der Waals surface area contributed by atoms with Gasteiger partial charge in [0.25, 0.3) is 0 Å². The lowest BCUT2D eigenvalue weighted by atomic mass is 10.2. The summed E-state index contributed by atoms with van der Waals surface area (Å²) >= 11 is 0. The van der Waals surface area contributed by atoms with Crippen LogP contribution in [-0.4, -0.2) is 30.6 Å². The molecule has 1 aromatic rings. The van der Waals surface area contributed by atoms with Crippen molar-refractivity contribution in [3.8, 4) is 0 Å². The van der Waals surface area contributed by atoms with Crippen LogP contribution in [0.4, 0.5) is 0 Å². The molecular weight excluding hydrogens is 255 g/mol. The largest absolute Gasteiger partial charge is 0.545 e. The Labute approximate surface area is 118 Å². The molecule has 0 fully saturated rings. The molecule has 0 spiro atoms. The van der Waals surface area contributed by atoms with E-state index in [0.717, 1.165) is 0 Å². The normalized spacial score (nSPS) is 10.5. The van der Waals surface area contributed by atoms with Gasteiger partial charge in [0, 0.05) is 7.26 Å². The van der Waals surface area contributed by atoms with Gasteiger partial charge in [-0.25, -0.2) is 0 Å². The van der Waals surface area contributed by atoms with E-state index in [1.807, 2.05) is 0 Å². The third-order valence-electron chi connectivity index (χ3n) is 3.72. The number of aromatic carboxylic acids is 1. The van der Waals surface area contributed by atoms with Crippen molar-refractivity contribution in [1.82, 2.24) is 0 Å². The van der Waals surface area contributed by atoms with E-state index in [1.54, 1.807) is 18.2 Å². The molecule has 0 heterocycles. The first kappa shape index (κ1) is 18.1. The van der Waals surface area contributed by atoms with Crippen molar-refractivity contribution in [2.75, 3.05) is 24.6 Å². The van der Waals surface area contributed by atoms with Crippen LogP contribution < -0.4 is 5.11 Å². The molecule has 1 rings (SSSR count). The zero-order valence-electron chi connectivity index (χ0n) is 12.7. The molecule has 19 heavy (non-hydrogen) atoms. The third kappa shape index (κ3) is 6.73. The zero-order valence-corrected chi connectivity index (χ0v) is 13.6. The average molecular weight is 282 g/mol. The quantitative estimate of drug-likeness (QED) is 0.749. The van der Waals surface area contributed by atoms with Crippen molar-refractivity contribution in [3.05, 3.63) is 35.9 Å². The van der Waals surface area contributed by atoms with Gasteiger partial charge >= 0.3 is 0 Å². The van der Waals surface area contributed by atoms with Crippen LogP contribution >= 0.6 is 7.26 Å². The Balaban J connectivity index is 0.000000342. The predicted molar refractivity (Wildman–Crippen MR) is 84.5 cm³/mol. The zero-order chi connectivity index (χ0) is 14.7. The van der Waals surface area contributed by atoms with Crippen molar-refractivity contribution in [1.29, 1.82) is 0 Å². The van der Waals surface area contributed by atoms with E-state index < -0.39 is 13.2 Å². The molecule has 0 aliphatic carbocycles. The molecule has 0 saturated heterocycles. The maximum absolute atomic E-state index is 10.1. The second-order valence-electron chi connectivity index (χ2n) is 4.67. The molecule has 0 atom stereocenters. The first-order chi connectivity index (χ1) is 9.05. The van der Waals surface area contributed by atoms with Gasteiger partial charge in [-0.1, -0.05) is 37.3 Å². The van der Waals surface area contributed by atoms with Crippen molar-refractivity contribution in [2.24, 2.45) is 0 Å². The minimum absolute atomic E-state index is 0.220. The van der Waals surface area contributed by atoms with E-state index in [2.05, 4.69) is 27.7 Å². The SMILES string of the molecule is CCC[P+](CC)(CC)CC.O=C([O-])c1ccccc1. The lowest BCUT2D eigenvalue weighted by molar-refractivity contribution is -0.255. The standard InChI is InChI=1S/C9H22P.C7H6O2/c1-5-9-10(6-2,7-3)8-4;8-7(9)6-4-2-1-3-5-6/h5-9H2,1-4H3;1-5H,(H,8,9)/q+1;/p-1. The molecule has 2 nitrogen and oxygen atoms in total. The highest BCUT2D eigenvalue weighted by Gasteiger charge is 2.29. The summed E-state index contributed by atoms with van der Waals surface area (Å²) in [6.45, 7) is 9.43. The number of carboxylic acid groups (broad SMARTS) is 1. The van der Waals surface area contributed by atoms with E-state index >= 15 is 0 Å². The van der Waals surface area contributed by atoms with E-state index in [4.69, 9.17) is 0 Å². The van der Waals surface area contributed by atoms with Crippen LogP contribution in [0.2, 0.25) is 0 Å². The number of hydrogen-bond donors (Lipinski definition) is 0. The fraction of sp³-hybridized carbons (Fsp3) is 0.562. The van der Waals surface area contributed by atoms with Gasteiger partial charge in [0.15, 0.2) is 0 Å². The number of hydrogen-bond acceptors (Lipinski definition) is 2. The fourth-order valence-electron chi connectivity index (χ4n) is 2.19. The van der Waals surface area contributed by atoms with E-state index in [0.29, 0.717) is 0 Å². The fourth-order valence-corrected chi connectivity index (χ4v) is 5.43. The van der Waals surface area contributed by atoms with Crippen LogP contribution in [0.15, 0.2) is 30.3 Å². The maximum atomic E-state index is 10.1. The second-order valence-corrected chi connectivity index (χ2v) is 9.70. The molecular formula is C16H27O2P. The topological polar surface area (TPSA) is 40.1 Å². The summed E-state index contributed by atoms with van der Waals surface area (Å²) in [4.78, 5) is 10.1. The Morgan fingerprint density at radius 2 is 1.47 bits per heavy atom. The molecule has 0 saturated carbocycles. The van der Waals surface area contributed by atoms with Gasteiger partial charge < -0.3 is 9.90 Å². The minimum atomic E-state index is -1.13. The summed E-state index contributed by atoms with van der Waals surface area (Å²) in [5.74, 6) is -1.13. The number of carboxylic acids is 1.